The fourth-order valence-corrected chi connectivity index (χ4v) is 0.807. The van der Waals surface area contributed by atoms with Gasteiger partial charge in [0.1, 0.15) is 0 Å². The van der Waals surface area contributed by atoms with Crippen LogP contribution in [0, 0.1) is 0 Å². The van der Waals surface area contributed by atoms with Crippen LogP contribution >= 0.6 is 0 Å². The van der Waals surface area contributed by atoms with E-state index in [9.17, 15) is 0 Å². The van der Waals surface area contributed by atoms with Crippen molar-refractivity contribution in [3.8, 4) is 0 Å². The van der Waals surface area contributed by atoms with Crippen molar-refractivity contribution in [1.29, 1.82) is 0 Å². The molecule has 0 aromatic carbocycles. The molecule has 1 heteroatoms. The van der Waals surface area contributed by atoms with Gasteiger partial charge in [-0.3, -0.25) is 0 Å². The number of rotatable bonds is 5. The summed E-state index contributed by atoms with van der Waals surface area (Å²) in [5, 5.41) is 0. The van der Waals surface area contributed by atoms with E-state index in [1.807, 2.05) is 6.92 Å². The molecule has 0 amide bonds. The minimum Gasteiger partial charge on any atom is -0.324 e. The maximum Gasteiger partial charge on any atom is 0.0251 e. The molecule has 0 heterocycles. The van der Waals surface area contributed by atoms with Gasteiger partial charge in [0.2, 0.25) is 0 Å². The summed E-state index contributed by atoms with van der Waals surface area (Å²) in [5.74, 6) is 0. The lowest BCUT2D eigenvalue weighted by Gasteiger charge is -2.08. The van der Waals surface area contributed by atoms with Crippen LogP contribution in [-0.2, 0) is 0 Å². The van der Waals surface area contributed by atoms with Gasteiger partial charge in [-0.15, -0.1) is 0 Å². The zero-order valence-electron chi connectivity index (χ0n) is 7.64. The fraction of sp³-hybridized carbons (Fsp3) is 0.600. The van der Waals surface area contributed by atoms with E-state index in [1.54, 1.807) is 0 Å². The molecule has 0 radical (unpaired) electrons. The van der Waals surface area contributed by atoms with Crippen molar-refractivity contribution in [2.24, 2.45) is 5.73 Å². The summed E-state index contributed by atoms with van der Waals surface area (Å²) in [4.78, 5) is 0. The van der Waals surface area contributed by atoms with Crippen molar-refractivity contribution in [3.63, 3.8) is 0 Å². The van der Waals surface area contributed by atoms with E-state index < -0.39 is 0 Å². The minimum atomic E-state index is 0.177. The van der Waals surface area contributed by atoms with Crippen LogP contribution in [0.5, 0.6) is 0 Å². The molecule has 1 atom stereocenters. The van der Waals surface area contributed by atoms with Gasteiger partial charge in [-0.1, -0.05) is 31.2 Å². The number of allylic oxidation sites excluding steroid dienone is 2. The molecule has 0 spiro atoms. The molecule has 1 unspecified atom stereocenters. The quantitative estimate of drug-likeness (QED) is 0.604. The Morgan fingerprint density at radius 3 is 2.64 bits per heavy atom. The van der Waals surface area contributed by atoms with E-state index in [2.05, 4.69) is 25.7 Å². The zero-order valence-corrected chi connectivity index (χ0v) is 7.64. The van der Waals surface area contributed by atoms with Crippen LogP contribution < -0.4 is 5.73 Å². The summed E-state index contributed by atoms with van der Waals surface area (Å²) >= 11 is 0. The van der Waals surface area contributed by atoms with Gasteiger partial charge >= 0.3 is 0 Å². The van der Waals surface area contributed by atoms with Gasteiger partial charge in [-0.05, 0) is 26.2 Å². The Balaban J connectivity index is 3.38. The second-order valence-corrected chi connectivity index (χ2v) is 2.91. The summed E-state index contributed by atoms with van der Waals surface area (Å²) in [6.07, 6.45) is 7.56. The monoisotopic (exact) mass is 153 g/mol. The molecule has 11 heavy (non-hydrogen) atoms. The van der Waals surface area contributed by atoms with Crippen LogP contribution in [0.4, 0.5) is 0 Å². The average molecular weight is 153 g/mol. The predicted octanol–water partition coefficient (Wildman–Crippen LogP) is 2.64. The van der Waals surface area contributed by atoms with Gasteiger partial charge in [-0.25, -0.2) is 0 Å². The topological polar surface area (TPSA) is 26.0 Å². The van der Waals surface area contributed by atoms with Crippen molar-refractivity contribution in [2.45, 2.75) is 39.2 Å². The van der Waals surface area contributed by atoms with Gasteiger partial charge in [0.05, 0.1) is 0 Å². The molecule has 0 saturated heterocycles. The highest BCUT2D eigenvalue weighted by molar-refractivity contribution is 5.00. The molecular formula is C10H19N. The minimum absolute atomic E-state index is 0.177. The van der Waals surface area contributed by atoms with Gasteiger partial charge in [0, 0.05) is 6.04 Å². The molecule has 2 N–H and O–H groups in total. The summed E-state index contributed by atoms with van der Waals surface area (Å²) in [6, 6.07) is 0.177. The van der Waals surface area contributed by atoms with Crippen LogP contribution in [0.2, 0.25) is 0 Å². The van der Waals surface area contributed by atoms with Crippen LogP contribution in [0.15, 0.2) is 24.3 Å². The molecule has 0 aromatic heterocycles. The maximum atomic E-state index is 5.77. The van der Waals surface area contributed by atoms with Crippen molar-refractivity contribution < 1.29 is 0 Å². The van der Waals surface area contributed by atoms with Gasteiger partial charge < -0.3 is 5.73 Å². The Hall–Kier alpha value is -0.560. The second-order valence-electron chi connectivity index (χ2n) is 2.91. The van der Waals surface area contributed by atoms with Gasteiger partial charge in [0.15, 0.2) is 0 Å². The van der Waals surface area contributed by atoms with Crippen molar-refractivity contribution in [3.05, 3.63) is 24.3 Å². The molecule has 0 aromatic rings. The van der Waals surface area contributed by atoms with Gasteiger partial charge in [0.25, 0.3) is 0 Å². The van der Waals surface area contributed by atoms with E-state index >= 15 is 0 Å². The highest BCUT2D eigenvalue weighted by atomic mass is 14.6. The Labute approximate surface area is 70.0 Å². The van der Waals surface area contributed by atoms with Crippen molar-refractivity contribution in [2.75, 3.05) is 0 Å². The summed E-state index contributed by atoms with van der Waals surface area (Å²) < 4.78 is 0. The highest BCUT2D eigenvalue weighted by Crippen LogP contribution is 2.03. The first-order chi connectivity index (χ1) is 5.18. The lowest BCUT2D eigenvalue weighted by molar-refractivity contribution is 0.700. The van der Waals surface area contributed by atoms with Crippen LogP contribution in [0.3, 0.4) is 0 Å². The molecule has 0 bridgehead atoms. The molecular weight excluding hydrogens is 134 g/mol. The lowest BCUT2D eigenvalue weighted by Crippen LogP contribution is -2.19. The first kappa shape index (κ1) is 10.4. The van der Waals surface area contributed by atoms with Crippen LogP contribution in [-0.4, -0.2) is 6.04 Å². The Morgan fingerprint density at radius 2 is 2.18 bits per heavy atom. The highest BCUT2D eigenvalue weighted by Gasteiger charge is 1.99. The molecule has 0 aliphatic rings. The van der Waals surface area contributed by atoms with E-state index in [0.717, 1.165) is 24.8 Å². The van der Waals surface area contributed by atoms with Crippen LogP contribution in [0.1, 0.15) is 33.1 Å². The Bertz CT molecular complexity index is 136. The molecule has 0 aliphatic heterocycles. The predicted molar refractivity (Wildman–Crippen MR) is 51.5 cm³/mol. The van der Waals surface area contributed by atoms with E-state index in [1.165, 1.54) is 0 Å². The molecule has 1 nitrogen and oxygen atoms in total. The van der Waals surface area contributed by atoms with Crippen LogP contribution in [0.25, 0.3) is 0 Å². The summed E-state index contributed by atoms with van der Waals surface area (Å²) in [5.41, 5.74) is 6.84. The molecule has 0 rings (SSSR count). The smallest absolute Gasteiger partial charge is 0.0251 e. The fourth-order valence-electron chi connectivity index (χ4n) is 0.807. The molecule has 0 saturated carbocycles. The number of hydrogen-bond acceptors (Lipinski definition) is 1. The maximum absolute atomic E-state index is 5.77. The third-order valence-electron chi connectivity index (χ3n) is 1.68. The first-order valence-electron chi connectivity index (χ1n) is 4.24. The van der Waals surface area contributed by atoms with E-state index in [-0.39, 0.29) is 6.04 Å². The third-order valence-corrected chi connectivity index (χ3v) is 1.68. The van der Waals surface area contributed by atoms with Gasteiger partial charge in [-0.2, -0.15) is 0 Å². The normalized spacial score (nSPS) is 13.7. The lowest BCUT2D eigenvalue weighted by atomic mass is 10.1. The van der Waals surface area contributed by atoms with E-state index in [0.29, 0.717) is 0 Å². The molecule has 64 valence electrons. The first-order valence-corrected chi connectivity index (χ1v) is 4.24. The standard InChI is InChI=1S/C10H19N/c1-4-5-6-7-8-10(11)9(2)3/h5-6,10H,2,4,7-8,11H2,1,3H3/b6-5+. The SMILES string of the molecule is C=C(C)C(N)CC/C=C/CC. The Kier molecular flexibility index (Phi) is 5.86. The largest absolute Gasteiger partial charge is 0.324 e. The summed E-state index contributed by atoms with van der Waals surface area (Å²) in [7, 11) is 0. The van der Waals surface area contributed by atoms with Crippen molar-refractivity contribution in [1.82, 2.24) is 0 Å². The second kappa shape index (κ2) is 6.17. The molecule has 0 aliphatic carbocycles. The number of hydrogen-bond donors (Lipinski definition) is 1. The van der Waals surface area contributed by atoms with Crippen molar-refractivity contribution >= 4 is 0 Å². The number of nitrogens with two attached hydrogens (primary N) is 1. The average Bonchev–Trinajstić information content (AvgIpc) is 1.97. The zero-order chi connectivity index (χ0) is 8.69. The third kappa shape index (κ3) is 5.86. The Morgan fingerprint density at radius 1 is 1.55 bits per heavy atom. The molecule has 0 fully saturated rings. The van der Waals surface area contributed by atoms with E-state index in [4.69, 9.17) is 5.73 Å². The summed E-state index contributed by atoms with van der Waals surface area (Å²) in [6.45, 7) is 7.92.